The van der Waals surface area contributed by atoms with Gasteiger partial charge in [0.25, 0.3) is 0 Å². The van der Waals surface area contributed by atoms with E-state index < -0.39 is 0 Å². The van der Waals surface area contributed by atoms with Crippen LogP contribution in [0, 0.1) is 5.92 Å². The largest absolute Gasteiger partial charge is 0.497 e. The lowest BCUT2D eigenvalue weighted by Gasteiger charge is -2.19. The molecule has 1 aromatic carbocycles. The molecule has 1 saturated carbocycles. The van der Waals surface area contributed by atoms with Crippen LogP contribution in [0.3, 0.4) is 0 Å². The fourth-order valence-corrected chi connectivity index (χ4v) is 1.98. The van der Waals surface area contributed by atoms with Gasteiger partial charge in [0.15, 0.2) is 0 Å². The third-order valence-electron chi connectivity index (χ3n) is 3.31. The van der Waals surface area contributed by atoms with Gasteiger partial charge in [-0.15, -0.1) is 0 Å². The summed E-state index contributed by atoms with van der Waals surface area (Å²) in [6.45, 7) is 4.10. The zero-order valence-electron chi connectivity index (χ0n) is 10.8. The second-order valence-corrected chi connectivity index (χ2v) is 4.85. The molecule has 3 heteroatoms. The van der Waals surface area contributed by atoms with Crippen LogP contribution >= 0.6 is 0 Å². The summed E-state index contributed by atoms with van der Waals surface area (Å²) in [6.07, 6.45) is 2.82. The van der Waals surface area contributed by atoms with Crippen LogP contribution in [0.4, 0.5) is 0 Å². The van der Waals surface area contributed by atoms with Crippen LogP contribution in [0.15, 0.2) is 18.2 Å². The molecule has 0 heterocycles. The Hall–Kier alpha value is -1.22. The molecule has 2 rings (SSSR count). The van der Waals surface area contributed by atoms with E-state index in [0.29, 0.717) is 5.92 Å². The molecule has 0 amide bonds. The molecule has 0 saturated heterocycles. The van der Waals surface area contributed by atoms with E-state index in [4.69, 9.17) is 15.2 Å². The zero-order chi connectivity index (χ0) is 12.4. The summed E-state index contributed by atoms with van der Waals surface area (Å²) >= 11 is 0. The van der Waals surface area contributed by atoms with Crippen molar-refractivity contribution in [3.63, 3.8) is 0 Å². The van der Waals surface area contributed by atoms with Gasteiger partial charge < -0.3 is 15.2 Å². The maximum Gasteiger partial charge on any atom is 0.128 e. The lowest BCUT2D eigenvalue weighted by Crippen LogP contribution is -2.17. The average molecular weight is 235 g/mol. The first-order valence-corrected chi connectivity index (χ1v) is 6.22. The standard InChI is InChI=1S/C14H21NO2/c1-9(15)13-7-6-12(16-3)8-14(13)17-10(2)11-4-5-11/h6-11H,4-5,15H2,1-3H3/t9-,10?/m1/s1. The lowest BCUT2D eigenvalue weighted by molar-refractivity contribution is 0.194. The number of benzene rings is 1. The van der Waals surface area contributed by atoms with E-state index in [9.17, 15) is 0 Å². The highest BCUT2D eigenvalue weighted by atomic mass is 16.5. The van der Waals surface area contributed by atoms with Gasteiger partial charge >= 0.3 is 0 Å². The quantitative estimate of drug-likeness (QED) is 0.853. The van der Waals surface area contributed by atoms with Gasteiger partial charge in [0, 0.05) is 17.7 Å². The molecule has 17 heavy (non-hydrogen) atoms. The highest BCUT2D eigenvalue weighted by molar-refractivity contribution is 5.42. The van der Waals surface area contributed by atoms with E-state index in [1.807, 2.05) is 25.1 Å². The molecule has 1 unspecified atom stereocenters. The van der Waals surface area contributed by atoms with Crippen LogP contribution < -0.4 is 15.2 Å². The maximum absolute atomic E-state index is 6.01. The highest BCUT2D eigenvalue weighted by Gasteiger charge is 2.30. The Labute approximate surface area is 103 Å². The van der Waals surface area contributed by atoms with Gasteiger partial charge in [-0.05, 0) is 38.7 Å². The van der Waals surface area contributed by atoms with Crippen molar-refractivity contribution in [2.24, 2.45) is 11.7 Å². The van der Waals surface area contributed by atoms with Gasteiger partial charge in [-0.25, -0.2) is 0 Å². The predicted molar refractivity (Wildman–Crippen MR) is 68.4 cm³/mol. The first-order chi connectivity index (χ1) is 8.11. The van der Waals surface area contributed by atoms with E-state index >= 15 is 0 Å². The number of rotatable bonds is 5. The van der Waals surface area contributed by atoms with Crippen molar-refractivity contribution in [1.29, 1.82) is 0 Å². The normalized spacial score (nSPS) is 18.6. The Bertz CT molecular complexity index is 386. The Kier molecular flexibility index (Phi) is 3.57. The van der Waals surface area contributed by atoms with Crippen molar-refractivity contribution in [3.8, 4) is 11.5 Å². The van der Waals surface area contributed by atoms with E-state index in [-0.39, 0.29) is 12.1 Å². The molecule has 3 nitrogen and oxygen atoms in total. The minimum Gasteiger partial charge on any atom is -0.497 e. The molecular formula is C14H21NO2. The molecule has 1 fully saturated rings. The predicted octanol–water partition coefficient (Wildman–Crippen LogP) is 2.89. The molecule has 2 atom stereocenters. The zero-order valence-corrected chi connectivity index (χ0v) is 10.8. The minimum absolute atomic E-state index is 0.0256. The van der Waals surface area contributed by atoms with Crippen LogP contribution in [-0.2, 0) is 0 Å². The molecule has 0 radical (unpaired) electrons. The van der Waals surface area contributed by atoms with Crippen LogP contribution in [0.5, 0.6) is 11.5 Å². The van der Waals surface area contributed by atoms with E-state index in [1.165, 1.54) is 12.8 Å². The van der Waals surface area contributed by atoms with Gasteiger partial charge in [-0.3, -0.25) is 0 Å². The van der Waals surface area contributed by atoms with Gasteiger partial charge in [-0.2, -0.15) is 0 Å². The summed E-state index contributed by atoms with van der Waals surface area (Å²) in [5.74, 6) is 2.38. The number of ether oxygens (including phenoxy) is 2. The molecule has 1 aromatic rings. The summed E-state index contributed by atoms with van der Waals surface area (Å²) in [7, 11) is 1.66. The van der Waals surface area contributed by atoms with Crippen molar-refractivity contribution in [1.82, 2.24) is 0 Å². The van der Waals surface area contributed by atoms with Crippen molar-refractivity contribution in [3.05, 3.63) is 23.8 Å². The summed E-state index contributed by atoms with van der Waals surface area (Å²) in [6, 6.07) is 5.81. The van der Waals surface area contributed by atoms with E-state index in [0.717, 1.165) is 17.1 Å². The molecule has 94 valence electrons. The van der Waals surface area contributed by atoms with Crippen molar-refractivity contribution >= 4 is 0 Å². The topological polar surface area (TPSA) is 44.5 Å². The van der Waals surface area contributed by atoms with Gasteiger partial charge in [0.2, 0.25) is 0 Å². The Morgan fingerprint density at radius 1 is 1.29 bits per heavy atom. The molecule has 0 spiro atoms. The third kappa shape index (κ3) is 2.91. The molecule has 0 bridgehead atoms. The summed E-state index contributed by atoms with van der Waals surface area (Å²) in [4.78, 5) is 0. The van der Waals surface area contributed by atoms with Crippen molar-refractivity contribution < 1.29 is 9.47 Å². The number of methoxy groups -OCH3 is 1. The molecule has 0 aliphatic heterocycles. The fourth-order valence-electron chi connectivity index (χ4n) is 1.98. The van der Waals surface area contributed by atoms with E-state index in [2.05, 4.69) is 6.92 Å². The second kappa shape index (κ2) is 4.96. The molecule has 2 N–H and O–H groups in total. The van der Waals surface area contributed by atoms with Crippen LogP contribution in [0.25, 0.3) is 0 Å². The fraction of sp³-hybridized carbons (Fsp3) is 0.571. The second-order valence-electron chi connectivity index (χ2n) is 4.85. The number of hydrogen-bond acceptors (Lipinski definition) is 3. The Balaban J connectivity index is 2.20. The van der Waals surface area contributed by atoms with Crippen molar-refractivity contribution in [2.75, 3.05) is 7.11 Å². The first kappa shape index (κ1) is 12.2. The van der Waals surface area contributed by atoms with Gasteiger partial charge in [0.1, 0.15) is 11.5 Å². The monoisotopic (exact) mass is 235 g/mol. The Morgan fingerprint density at radius 2 is 2.00 bits per heavy atom. The molecular weight excluding hydrogens is 214 g/mol. The lowest BCUT2D eigenvalue weighted by atomic mass is 10.1. The molecule has 0 aromatic heterocycles. The van der Waals surface area contributed by atoms with Gasteiger partial charge in [-0.1, -0.05) is 6.07 Å². The summed E-state index contributed by atoms with van der Waals surface area (Å²) < 4.78 is 11.2. The first-order valence-electron chi connectivity index (χ1n) is 6.22. The summed E-state index contributed by atoms with van der Waals surface area (Å²) in [5.41, 5.74) is 6.99. The smallest absolute Gasteiger partial charge is 0.128 e. The third-order valence-corrected chi connectivity index (χ3v) is 3.31. The van der Waals surface area contributed by atoms with Crippen molar-refractivity contribution in [2.45, 2.75) is 38.8 Å². The van der Waals surface area contributed by atoms with Crippen LogP contribution in [0.2, 0.25) is 0 Å². The molecule has 1 aliphatic carbocycles. The summed E-state index contributed by atoms with van der Waals surface area (Å²) in [5, 5.41) is 0. The maximum atomic E-state index is 6.01. The van der Waals surface area contributed by atoms with Crippen LogP contribution in [-0.4, -0.2) is 13.2 Å². The number of hydrogen-bond donors (Lipinski definition) is 1. The SMILES string of the molecule is COc1ccc([C@@H](C)N)c(OC(C)C2CC2)c1. The average Bonchev–Trinajstić information content (AvgIpc) is 3.12. The van der Waals surface area contributed by atoms with Crippen LogP contribution in [0.1, 0.15) is 38.3 Å². The highest BCUT2D eigenvalue weighted by Crippen LogP contribution is 2.37. The van der Waals surface area contributed by atoms with E-state index in [1.54, 1.807) is 7.11 Å². The molecule has 1 aliphatic rings. The minimum atomic E-state index is -0.0256. The van der Waals surface area contributed by atoms with Gasteiger partial charge in [0.05, 0.1) is 13.2 Å². The number of nitrogens with two attached hydrogens (primary N) is 1. The Morgan fingerprint density at radius 3 is 2.53 bits per heavy atom.